The van der Waals surface area contributed by atoms with E-state index >= 15 is 0 Å². The first kappa shape index (κ1) is 21.4. The summed E-state index contributed by atoms with van der Waals surface area (Å²) in [6.45, 7) is 1.09. The quantitative estimate of drug-likeness (QED) is 0.589. The van der Waals surface area contributed by atoms with E-state index in [1.165, 1.54) is 0 Å². The Morgan fingerprint density at radius 2 is 1.83 bits per heavy atom. The molecule has 0 spiro atoms. The van der Waals surface area contributed by atoms with Gasteiger partial charge >= 0.3 is 0 Å². The molecule has 1 fully saturated rings. The van der Waals surface area contributed by atoms with Crippen LogP contribution >= 0.6 is 0 Å². The van der Waals surface area contributed by atoms with Gasteiger partial charge in [-0.25, -0.2) is 5.43 Å². The molecule has 1 N–H and O–H groups in total. The van der Waals surface area contributed by atoms with Gasteiger partial charge in [0.15, 0.2) is 0 Å². The number of hydrogen-bond acceptors (Lipinski definition) is 5. The molecule has 0 unspecified atom stereocenters. The molecule has 2 aromatic carbocycles. The zero-order valence-electron chi connectivity index (χ0n) is 17.7. The topological polar surface area (TPSA) is 74.2 Å². The number of hydrogen-bond donors (Lipinski definition) is 1. The van der Waals surface area contributed by atoms with Crippen LogP contribution in [-0.4, -0.2) is 57.2 Å². The molecule has 7 nitrogen and oxygen atoms in total. The standard InChI is InChI=1S/C23H28N4O3/c1-26(2)20-9-7-17(8-10-20)16-24-25-22(28)18-11-13-27(14-12-18)23(29)19-5-4-6-21(15-19)30-3/h4-10,15-16,18H,11-14H2,1-3H3,(H,25,28). The SMILES string of the molecule is COc1cccc(C(=O)N2CCC(C(=O)NN=Cc3ccc(N(C)C)cc3)CC2)c1. The Morgan fingerprint density at radius 1 is 1.13 bits per heavy atom. The van der Waals surface area contributed by atoms with Crippen molar-refractivity contribution in [3.63, 3.8) is 0 Å². The van der Waals surface area contributed by atoms with E-state index in [0.29, 0.717) is 37.2 Å². The number of anilines is 1. The monoisotopic (exact) mass is 408 g/mol. The van der Waals surface area contributed by atoms with Gasteiger partial charge in [0.2, 0.25) is 5.91 Å². The number of methoxy groups -OCH3 is 1. The summed E-state index contributed by atoms with van der Waals surface area (Å²) in [6, 6.07) is 15.0. The number of carbonyl (C=O) groups excluding carboxylic acids is 2. The number of likely N-dealkylation sites (tertiary alicyclic amines) is 1. The number of hydrazone groups is 1. The van der Waals surface area contributed by atoms with Crippen molar-refractivity contribution in [2.75, 3.05) is 39.2 Å². The molecule has 7 heteroatoms. The molecule has 0 saturated carbocycles. The van der Waals surface area contributed by atoms with E-state index in [1.54, 1.807) is 36.4 Å². The van der Waals surface area contributed by atoms with E-state index < -0.39 is 0 Å². The normalized spacial score (nSPS) is 14.6. The second-order valence-electron chi connectivity index (χ2n) is 7.52. The van der Waals surface area contributed by atoms with E-state index in [9.17, 15) is 9.59 Å². The molecular weight excluding hydrogens is 380 g/mol. The van der Waals surface area contributed by atoms with Crippen molar-refractivity contribution in [2.24, 2.45) is 11.0 Å². The van der Waals surface area contributed by atoms with Crippen molar-refractivity contribution >= 4 is 23.7 Å². The Hall–Kier alpha value is -3.35. The van der Waals surface area contributed by atoms with E-state index in [4.69, 9.17) is 4.74 Å². The first-order valence-corrected chi connectivity index (χ1v) is 10.0. The predicted octanol–water partition coefficient (Wildman–Crippen LogP) is 2.76. The van der Waals surface area contributed by atoms with E-state index in [1.807, 2.05) is 49.3 Å². The van der Waals surface area contributed by atoms with Gasteiger partial charge in [-0.15, -0.1) is 0 Å². The Balaban J connectivity index is 1.48. The maximum Gasteiger partial charge on any atom is 0.253 e. The number of piperidine rings is 1. The lowest BCUT2D eigenvalue weighted by atomic mass is 9.95. The second kappa shape index (κ2) is 9.91. The Labute approximate surface area is 177 Å². The fourth-order valence-corrected chi connectivity index (χ4v) is 3.40. The number of ether oxygens (including phenoxy) is 1. The molecule has 1 heterocycles. The minimum atomic E-state index is -0.146. The first-order valence-electron chi connectivity index (χ1n) is 10.0. The molecule has 1 aliphatic rings. The highest BCUT2D eigenvalue weighted by Crippen LogP contribution is 2.21. The highest BCUT2D eigenvalue weighted by atomic mass is 16.5. The van der Waals surface area contributed by atoms with Crippen LogP contribution in [0.5, 0.6) is 5.75 Å². The van der Waals surface area contributed by atoms with Crippen LogP contribution in [0, 0.1) is 5.92 Å². The molecule has 1 aliphatic heterocycles. The number of nitrogens with zero attached hydrogens (tertiary/aromatic N) is 3. The maximum atomic E-state index is 12.7. The Morgan fingerprint density at radius 3 is 2.47 bits per heavy atom. The third-order valence-electron chi connectivity index (χ3n) is 5.27. The predicted molar refractivity (Wildman–Crippen MR) is 118 cm³/mol. The number of rotatable bonds is 6. The van der Waals surface area contributed by atoms with E-state index in [0.717, 1.165) is 11.3 Å². The van der Waals surface area contributed by atoms with Gasteiger partial charge < -0.3 is 14.5 Å². The van der Waals surface area contributed by atoms with Crippen LogP contribution in [0.3, 0.4) is 0 Å². The van der Waals surface area contributed by atoms with Crippen molar-refractivity contribution in [3.05, 3.63) is 59.7 Å². The average Bonchev–Trinajstić information content (AvgIpc) is 2.79. The third-order valence-corrected chi connectivity index (χ3v) is 5.27. The van der Waals surface area contributed by atoms with Crippen LogP contribution < -0.4 is 15.1 Å². The molecule has 2 amide bonds. The molecule has 0 aromatic heterocycles. The molecule has 0 radical (unpaired) electrons. The average molecular weight is 409 g/mol. The van der Waals surface area contributed by atoms with Crippen molar-refractivity contribution < 1.29 is 14.3 Å². The van der Waals surface area contributed by atoms with Crippen LogP contribution in [-0.2, 0) is 4.79 Å². The van der Waals surface area contributed by atoms with Crippen molar-refractivity contribution in [2.45, 2.75) is 12.8 Å². The number of carbonyl (C=O) groups is 2. The second-order valence-corrected chi connectivity index (χ2v) is 7.52. The molecular formula is C23H28N4O3. The Bertz CT molecular complexity index is 901. The summed E-state index contributed by atoms with van der Waals surface area (Å²) >= 11 is 0. The fraction of sp³-hybridized carbons (Fsp3) is 0.348. The van der Waals surface area contributed by atoms with Crippen molar-refractivity contribution in [1.29, 1.82) is 0 Å². The van der Waals surface area contributed by atoms with Gasteiger partial charge in [-0.3, -0.25) is 9.59 Å². The van der Waals surface area contributed by atoms with Crippen LogP contribution in [0.15, 0.2) is 53.6 Å². The molecule has 3 rings (SSSR count). The molecule has 1 saturated heterocycles. The summed E-state index contributed by atoms with van der Waals surface area (Å²) in [7, 11) is 5.55. The van der Waals surface area contributed by atoms with E-state index in [-0.39, 0.29) is 17.7 Å². The molecule has 158 valence electrons. The van der Waals surface area contributed by atoms with Crippen LogP contribution in [0.4, 0.5) is 5.69 Å². The van der Waals surface area contributed by atoms with Crippen LogP contribution in [0.1, 0.15) is 28.8 Å². The third kappa shape index (κ3) is 5.37. The first-order chi connectivity index (χ1) is 14.5. The summed E-state index contributed by atoms with van der Waals surface area (Å²) in [5, 5.41) is 4.08. The van der Waals surface area contributed by atoms with Crippen LogP contribution in [0.2, 0.25) is 0 Å². The highest BCUT2D eigenvalue weighted by molar-refractivity contribution is 5.94. The van der Waals surface area contributed by atoms with Gasteiger partial charge in [0.1, 0.15) is 5.75 Å². The van der Waals surface area contributed by atoms with Crippen molar-refractivity contribution in [3.8, 4) is 5.75 Å². The van der Waals surface area contributed by atoms with Crippen LogP contribution in [0.25, 0.3) is 0 Å². The van der Waals surface area contributed by atoms with Gasteiger partial charge in [-0.2, -0.15) is 5.10 Å². The fourth-order valence-electron chi connectivity index (χ4n) is 3.40. The molecule has 0 bridgehead atoms. The lowest BCUT2D eigenvalue weighted by Crippen LogP contribution is -2.42. The zero-order chi connectivity index (χ0) is 21.5. The maximum absolute atomic E-state index is 12.7. The van der Waals surface area contributed by atoms with Gasteiger partial charge in [-0.05, 0) is 48.7 Å². The minimum absolute atomic E-state index is 0.0352. The van der Waals surface area contributed by atoms with Crippen molar-refractivity contribution in [1.82, 2.24) is 10.3 Å². The minimum Gasteiger partial charge on any atom is -0.497 e. The van der Waals surface area contributed by atoms with E-state index in [2.05, 4.69) is 10.5 Å². The summed E-state index contributed by atoms with van der Waals surface area (Å²) in [5.74, 6) is 0.369. The Kier molecular flexibility index (Phi) is 7.06. The molecule has 30 heavy (non-hydrogen) atoms. The van der Waals surface area contributed by atoms with Gasteiger partial charge in [0.25, 0.3) is 5.91 Å². The number of nitrogens with one attached hydrogen (secondary N) is 1. The van der Waals surface area contributed by atoms with Gasteiger partial charge in [0.05, 0.1) is 13.3 Å². The van der Waals surface area contributed by atoms with Gasteiger partial charge in [-0.1, -0.05) is 18.2 Å². The smallest absolute Gasteiger partial charge is 0.253 e. The summed E-state index contributed by atoms with van der Waals surface area (Å²) < 4.78 is 5.19. The molecule has 0 aliphatic carbocycles. The summed E-state index contributed by atoms with van der Waals surface area (Å²) in [4.78, 5) is 28.9. The number of amides is 2. The lowest BCUT2D eigenvalue weighted by molar-refractivity contribution is -0.126. The lowest BCUT2D eigenvalue weighted by Gasteiger charge is -2.31. The molecule has 0 atom stereocenters. The van der Waals surface area contributed by atoms with Gasteiger partial charge in [0, 0.05) is 44.4 Å². The molecule has 2 aromatic rings. The summed E-state index contributed by atoms with van der Waals surface area (Å²) in [5.41, 5.74) is 5.25. The largest absolute Gasteiger partial charge is 0.497 e. The number of benzene rings is 2. The zero-order valence-corrected chi connectivity index (χ0v) is 17.7. The highest BCUT2D eigenvalue weighted by Gasteiger charge is 2.27. The summed E-state index contributed by atoms with van der Waals surface area (Å²) in [6.07, 6.45) is 2.88.